The Morgan fingerprint density at radius 2 is 1.93 bits per heavy atom. The number of benzene rings is 2. The zero-order valence-electron chi connectivity index (χ0n) is 17.0. The van der Waals surface area contributed by atoms with E-state index in [1.165, 1.54) is 0 Å². The molecule has 29 heavy (non-hydrogen) atoms. The summed E-state index contributed by atoms with van der Waals surface area (Å²) in [5.74, 6) is 2.22. The third kappa shape index (κ3) is 2.57. The molecule has 2 aliphatic carbocycles. The predicted molar refractivity (Wildman–Crippen MR) is 110 cm³/mol. The van der Waals surface area contributed by atoms with Gasteiger partial charge in [-0.25, -0.2) is 0 Å². The number of hydrogen-bond donors (Lipinski definition) is 1. The Kier molecular flexibility index (Phi) is 4.23. The van der Waals surface area contributed by atoms with E-state index < -0.39 is 11.0 Å². The van der Waals surface area contributed by atoms with Crippen LogP contribution in [0.5, 0.6) is 17.2 Å². The van der Waals surface area contributed by atoms with E-state index in [4.69, 9.17) is 9.47 Å². The molecule has 1 aliphatic heterocycles. The minimum Gasteiger partial charge on any atom is -0.493 e. The number of fused-ring (bicyclic) bond motifs is 1. The van der Waals surface area contributed by atoms with Gasteiger partial charge in [0, 0.05) is 29.9 Å². The molecule has 0 aromatic heterocycles. The number of hydrogen-bond acceptors (Lipinski definition) is 5. The number of carbonyl (C=O) groups is 1. The number of rotatable bonds is 3. The van der Waals surface area contributed by atoms with E-state index in [9.17, 15) is 9.90 Å². The Labute approximate surface area is 171 Å². The average Bonchev–Trinajstić information content (AvgIpc) is 2.72. The molecule has 0 unspecified atom stereocenters. The minimum absolute atomic E-state index is 0.00909. The molecule has 3 atom stereocenters. The number of nitrogens with zero attached hydrogens (tertiary/aromatic N) is 1. The highest BCUT2D eigenvalue weighted by atomic mass is 16.5. The molecule has 3 aliphatic rings. The lowest BCUT2D eigenvalue weighted by molar-refractivity contribution is -0.169. The second-order valence-corrected chi connectivity index (χ2v) is 8.72. The number of ketones is 1. The topological polar surface area (TPSA) is 59.0 Å². The lowest BCUT2D eigenvalue weighted by Gasteiger charge is -2.62. The molecule has 1 heterocycles. The van der Waals surface area contributed by atoms with Gasteiger partial charge < -0.3 is 19.5 Å². The molecule has 0 radical (unpaired) electrons. The maximum atomic E-state index is 12.7. The number of aliphatic hydroxyl groups is 1. The van der Waals surface area contributed by atoms with Crippen LogP contribution in [-0.2, 0) is 16.6 Å². The summed E-state index contributed by atoms with van der Waals surface area (Å²) in [4.78, 5) is 14.9. The van der Waals surface area contributed by atoms with E-state index >= 15 is 0 Å². The second kappa shape index (κ2) is 6.57. The smallest absolute Gasteiger partial charge is 0.173 e. The van der Waals surface area contributed by atoms with Crippen LogP contribution in [0.15, 0.2) is 42.5 Å². The fraction of sp³-hybridized carbons (Fsp3) is 0.458. The normalized spacial score (nSPS) is 31.0. The lowest BCUT2D eigenvalue weighted by Crippen LogP contribution is -2.72. The zero-order valence-corrected chi connectivity index (χ0v) is 17.0. The molecule has 5 heteroatoms. The molecule has 152 valence electrons. The van der Waals surface area contributed by atoms with Gasteiger partial charge in [0.2, 0.25) is 0 Å². The molecule has 2 bridgehead atoms. The Balaban J connectivity index is 1.76. The van der Waals surface area contributed by atoms with Gasteiger partial charge in [-0.3, -0.25) is 4.79 Å². The highest BCUT2D eigenvalue weighted by Gasteiger charge is 2.65. The van der Waals surface area contributed by atoms with Crippen molar-refractivity contribution in [3.05, 3.63) is 53.6 Å². The summed E-state index contributed by atoms with van der Waals surface area (Å²) in [5.41, 5.74) is 0.543. The van der Waals surface area contributed by atoms with Crippen molar-refractivity contribution >= 4 is 5.78 Å². The van der Waals surface area contributed by atoms with Gasteiger partial charge in [-0.15, -0.1) is 0 Å². The van der Waals surface area contributed by atoms with Gasteiger partial charge in [0.25, 0.3) is 0 Å². The number of piperidine rings is 1. The molecular weight excluding hydrogens is 366 g/mol. The molecule has 5 nitrogen and oxygen atoms in total. The predicted octanol–water partition coefficient (Wildman–Crippen LogP) is 3.47. The molecule has 2 fully saturated rings. The van der Waals surface area contributed by atoms with Gasteiger partial charge in [0.1, 0.15) is 11.5 Å². The fourth-order valence-electron chi connectivity index (χ4n) is 5.96. The molecule has 5 rings (SSSR count). The summed E-state index contributed by atoms with van der Waals surface area (Å²) in [6, 6.07) is 13.7. The number of ether oxygens (including phenoxy) is 2. The van der Waals surface area contributed by atoms with Crippen molar-refractivity contribution in [2.45, 2.75) is 49.2 Å². The summed E-state index contributed by atoms with van der Waals surface area (Å²) < 4.78 is 12.1. The standard InChI is InChI=1S/C24H27NO4/c1-25-13-12-23-15-17(26)10-11-24(23,27)20(25)14-16-8-9-19(28-2)22(21(16)23)29-18-6-4-3-5-7-18/h3-9,20,27H,10-15H2,1-2H3/t20-,23+,24+/m0/s1. The van der Waals surface area contributed by atoms with Crippen LogP contribution >= 0.6 is 0 Å². The van der Waals surface area contributed by atoms with Gasteiger partial charge in [0.05, 0.1) is 12.7 Å². The first kappa shape index (κ1) is 18.6. The lowest BCUT2D eigenvalue weighted by atomic mass is 9.49. The Bertz CT molecular complexity index is 959. The van der Waals surface area contributed by atoms with Crippen molar-refractivity contribution in [2.75, 3.05) is 20.7 Å². The molecule has 1 N–H and O–H groups in total. The third-order valence-electron chi connectivity index (χ3n) is 7.37. The zero-order chi connectivity index (χ0) is 20.2. The first-order valence-corrected chi connectivity index (χ1v) is 10.4. The summed E-state index contributed by atoms with van der Waals surface area (Å²) in [7, 11) is 3.72. The van der Waals surface area contributed by atoms with Crippen molar-refractivity contribution in [2.24, 2.45) is 0 Å². The van der Waals surface area contributed by atoms with Crippen LogP contribution in [0.1, 0.15) is 36.8 Å². The van der Waals surface area contributed by atoms with Crippen molar-refractivity contribution in [3.8, 4) is 17.2 Å². The number of para-hydroxylation sites is 1. The van der Waals surface area contributed by atoms with Crippen LogP contribution in [0.25, 0.3) is 0 Å². The quantitative estimate of drug-likeness (QED) is 0.865. The van der Waals surface area contributed by atoms with E-state index in [0.29, 0.717) is 30.8 Å². The van der Waals surface area contributed by atoms with Crippen LogP contribution in [0.2, 0.25) is 0 Å². The van der Waals surface area contributed by atoms with Crippen LogP contribution in [0.4, 0.5) is 0 Å². The molecule has 0 spiro atoms. The van der Waals surface area contributed by atoms with Gasteiger partial charge in [-0.2, -0.15) is 0 Å². The number of Topliss-reactive ketones (excluding diaryl/α,β-unsaturated/α-hetero) is 1. The molecule has 1 saturated heterocycles. The van der Waals surface area contributed by atoms with Crippen LogP contribution in [0, 0.1) is 0 Å². The number of likely N-dealkylation sites (N-methyl/N-ethyl adjacent to an activating group) is 1. The second-order valence-electron chi connectivity index (χ2n) is 8.72. The maximum Gasteiger partial charge on any atom is 0.173 e. The summed E-state index contributed by atoms with van der Waals surface area (Å²) in [5, 5.41) is 12.1. The van der Waals surface area contributed by atoms with Gasteiger partial charge in [-0.1, -0.05) is 24.3 Å². The summed E-state index contributed by atoms with van der Waals surface area (Å²) >= 11 is 0. The third-order valence-corrected chi connectivity index (χ3v) is 7.37. The van der Waals surface area contributed by atoms with E-state index in [0.717, 1.165) is 36.3 Å². The average molecular weight is 393 g/mol. The van der Waals surface area contributed by atoms with E-state index in [1.54, 1.807) is 7.11 Å². The first-order chi connectivity index (χ1) is 14.0. The van der Waals surface area contributed by atoms with Crippen LogP contribution in [-0.4, -0.2) is 48.1 Å². The van der Waals surface area contributed by atoms with Crippen molar-refractivity contribution < 1.29 is 19.4 Å². The first-order valence-electron chi connectivity index (χ1n) is 10.4. The Morgan fingerprint density at radius 3 is 2.69 bits per heavy atom. The van der Waals surface area contributed by atoms with Gasteiger partial charge in [0.15, 0.2) is 11.5 Å². The van der Waals surface area contributed by atoms with E-state index in [1.807, 2.05) is 36.4 Å². The monoisotopic (exact) mass is 393 g/mol. The number of methoxy groups -OCH3 is 1. The van der Waals surface area contributed by atoms with Crippen molar-refractivity contribution in [1.29, 1.82) is 0 Å². The maximum absolute atomic E-state index is 12.7. The van der Waals surface area contributed by atoms with Gasteiger partial charge >= 0.3 is 0 Å². The fourth-order valence-corrected chi connectivity index (χ4v) is 5.96. The molecule has 2 aromatic rings. The van der Waals surface area contributed by atoms with Crippen molar-refractivity contribution in [3.63, 3.8) is 0 Å². The molecule has 0 amide bonds. The van der Waals surface area contributed by atoms with Crippen LogP contribution in [0.3, 0.4) is 0 Å². The molecular formula is C24H27NO4. The van der Waals surface area contributed by atoms with Crippen LogP contribution < -0.4 is 9.47 Å². The molecule has 1 saturated carbocycles. The Morgan fingerprint density at radius 1 is 1.14 bits per heavy atom. The minimum atomic E-state index is -0.942. The largest absolute Gasteiger partial charge is 0.493 e. The van der Waals surface area contributed by atoms with E-state index in [-0.39, 0.29) is 11.8 Å². The summed E-state index contributed by atoms with van der Waals surface area (Å²) in [6.07, 6.45) is 2.78. The number of carbonyl (C=O) groups excluding carboxylic acids is 1. The van der Waals surface area contributed by atoms with Gasteiger partial charge in [-0.05, 0) is 56.6 Å². The summed E-state index contributed by atoms with van der Waals surface area (Å²) in [6.45, 7) is 0.849. The van der Waals surface area contributed by atoms with E-state index in [2.05, 4.69) is 18.0 Å². The van der Waals surface area contributed by atoms with Crippen molar-refractivity contribution in [1.82, 2.24) is 4.90 Å². The highest BCUT2D eigenvalue weighted by molar-refractivity contribution is 5.83. The SMILES string of the molecule is COc1ccc2c(c1Oc1ccccc1)[C@]13CCN(C)[C@@H](C2)[C@]1(O)CCC(=O)C3. The highest BCUT2D eigenvalue weighted by Crippen LogP contribution is 2.60. The molecule has 2 aromatic carbocycles. The number of likely N-dealkylation sites (tertiary alicyclic amines) is 1. The Hall–Kier alpha value is -2.37.